The number of thiazole rings is 2. The number of aromatic nitrogens is 2. The van der Waals surface area contributed by atoms with E-state index in [4.69, 9.17) is 28.4 Å². The van der Waals surface area contributed by atoms with Crippen molar-refractivity contribution < 1.29 is 47.6 Å². The van der Waals surface area contributed by atoms with Crippen molar-refractivity contribution in [2.45, 2.75) is 55.4 Å². The fraction of sp³-hybridized carbons (Fsp3) is 0.450. The first-order chi connectivity index (χ1) is 29.3. The van der Waals surface area contributed by atoms with E-state index in [-0.39, 0.29) is 51.4 Å². The first-order valence-corrected chi connectivity index (χ1v) is 20.9. The summed E-state index contributed by atoms with van der Waals surface area (Å²) < 4.78 is 30.4. The zero-order valence-electron chi connectivity index (χ0n) is 35.9. The highest BCUT2D eigenvalue weighted by Gasteiger charge is 2.19. The summed E-state index contributed by atoms with van der Waals surface area (Å²) in [5.74, 6) is -0.179. The molecule has 2 heterocycles. The van der Waals surface area contributed by atoms with Gasteiger partial charge >= 0.3 is 18.3 Å². The Morgan fingerprint density at radius 1 is 0.689 bits per heavy atom. The fourth-order valence-electron chi connectivity index (χ4n) is 5.18. The molecular weight excluding hydrogens is 831 g/mol. The molecule has 0 spiro atoms. The number of likely N-dealkylation sites (N-methyl/N-ethyl adjacent to an activating group) is 1. The Hall–Kier alpha value is -6.22. The van der Waals surface area contributed by atoms with Gasteiger partial charge in [0.1, 0.15) is 31.3 Å². The molecule has 21 heteroatoms. The molecule has 0 radical (unpaired) electrons. The summed E-state index contributed by atoms with van der Waals surface area (Å²) >= 11 is 2.89. The minimum absolute atomic E-state index is 0.0261. The largest absolute Gasteiger partial charge is 0.508 e. The number of nitrogens with zero attached hydrogens (tertiary/aromatic N) is 8. The molecule has 1 amide bonds. The summed E-state index contributed by atoms with van der Waals surface area (Å²) in [6, 6.07) is 9.28. The van der Waals surface area contributed by atoms with E-state index in [0.29, 0.717) is 46.2 Å². The fourth-order valence-corrected chi connectivity index (χ4v) is 6.34. The van der Waals surface area contributed by atoms with Crippen LogP contribution in [0.3, 0.4) is 0 Å². The van der Waals surface area contributed by atoms with Gasteiger partial charge in [-0.1, -0.05) is 22.7 Å². The molecule has 19 nitrogen and oxygen atoms in total. The van der Waals surface area contributed by atoms with Gasteiger partial charge in [-0.05, 0) is 71.4 Å². The van der Waals surface area contributed by atoms with Gasteiger partial charge in [-0.3, -0.25) is 9.59 Å². The molecule has 61 heavy (non-hydrogen) atoms. The predicted octanol–water partition coefficient (Wildman–Crippen LogP) is 9.55. The Morgan fingerprint density at radius 2 is 1.23 bits per heavy atom. The van der Waals surface area contributed by atoms with Crippen molar-refractivity contribution in [3.63, 3.8) is 0 Å². The number of nitrogens with one attached hydrogen (secondary N) is 1. The molecule has 1 N–H and O–H groups in total. The number of benzene rings is 2. The Labute approximate surface area is 363 Å². The monoisotopic (exact) mass is 883 g/mol. The quantitative estimate of drug-likeness (QED) is 0.0497. The number of carbonyl (C=O) groups is 4. The number of hydrogen-bond acceptors (Lipinski definition) is 20. The van der Waals surface area contributed by atoms with Gasteiger partial charge in [-0.2, -0.15) is 0 Å². The molecular formula is C40H53N9O10S2. The molecule has 0 aliphatic rings. The number of hydrogen-bond donors (Lipinski definition) is 1. The van der Waals surface area contributed by atoms with E-state index in [1.165, 1.54) is 43.6 Å². The van der Waals surface area contributed by atoms with Crippen LogP contribution in [0, 0.1) is 20.8 Å². The highest BCUT2D eigenvalue weighted by molar-refractivity contribution is 7.15. The summed E-state index contributed by atoms with van der Waals surface area (Å²) in [5, 5.41) is 20.7. The van der Waals surface area contributed by atoms with Crippen LogP contribution in [-0.2, 0) is 33.3 Å². The van der Waals surface area contributed by atoms with E-state index in [9.17, 15) is 19.2 Å². The van der Waals surface area contributed by atoms with Crippen LogP contribution in [0.25, 0.3) is 0 Å². The molecule has 0 unspecified atom stereocenters. The second-order valence-electron chi connectivity index (χ2n) is 12.6. The number of carbonyl (C=O) groups excluding carboxylic acids is 4. The Morgan fingerprint density at radius 3 is 1.69 bits per heavy atom. The topological polar surface area (TPSA) is 217 Å². The molecule has 2 aromatic heterocycles. The Kier molecular flexibility index (Phi) is 21.0. The minimum atomic E-state index is -0.802. The summed E-state index contributed by atoms with van der Waals surface area (Å²) in [7, 11) is 1.48. The van der Waals surface area contributed by atoms with Crippen LogP contribution in [0.1, 0.15) is 49.9 Å². The van der Waals surface area contributed by atoms with Crippen LogP contribution in [0.2, 0.25) is 0 Å². The third-order valence-corrected chi connectivity index (χ3v) is 9.53. The second-order valence-corrected chi connectivity index (χ2v) is 15.0. The van der Waals surface area contributed by atoms with Crippen molar-refractivity contribution in [3.05, 3.63) is 58.0 Å². The predicted molar refractivity (Wildman–Crippen MR) is 233 cm³/mol. The maximum atomic E-state index is 11.9. The number of rotatable bonds is 20. The molecule has 0 atom stereocenters. The molecule has 4 aromatic rings. The van der Waals surface area contributed by atoms with Crippen LogP contribution >= 0.6 is 22.7 Å². The van der Waals surface area contributed by atoms with Crippen LogP contribution in [0.4, 0.5) is 48.3 Å². The second kappa shape index (κ2) is 26.1. The molecule has 4 rings (SSSR count). The molecule has 0 saturated carbocycles. The van der Waals surface area contributed by atoms with E-state index in [2.05, 4.69) is 53.6 Å². The van der Waals surface area contributed by atoms with Crippen LogP contribution < -0.4 is 19.9 Å². The molecule has 0 bridgehead atoms. The van der Waals surface area contributed by atoms with Gasteiger partial charge in [0.15, 0.2) is 0 Å². The minimum Gasteiger partial charge on any atom is -0.494 e. The SMILES string of the molecule is CCN(CCOC(C)=O)c1ccc(N=Nc2ncc(C)s2)c(C)c1.CCOC(=O)OCCN(CCOC(=O)OCC)c1cc(NC(C)=O)c(N=Nc2ncc(C)s2)cc1OC. The van der Waals surface area contributed by atoms with E-state index >= 15 is 0 Å². The lowest BCUT2D eigenvalue weighted by molar-refractivity contribution is -0.140. The number of methoxy groups -OCH3 is 1. The maximum absolute atomic E-state index is 11.9. The number of amides is 1. The third kappa shape index (κ3) is 17.5. The van der Waals surface area contributed by atoms with Gasteiger partial charge in [-0.25, -0.2) is 19.6 Å². The van der Waals surface area contributed by atoms with Crippen LogP contribution in [0.15, 0.2) is 63.2 Å². The normalized spacial score (nSPS) is 10.8. The molecule has 0 saturated heterocycles. The van der Waals surface area contributed by atoms with Gasteiger partial charge in [0.2, 0.25) is 16.2 Å². The number of anilines is 3. The summed E-state index contributed by atoms with van der Waals surface area (Å²) in [6.07, 6.45) is 1.87. The van der Waals surface area contributed by atoms with Crippen molar-refractivity contribution in [1.29, 1.82) is 0 Å². The van der Waals surface area contributed by atoms with Gasteiger partial charge < -0.3 is 43.5 Å². The highest BCUT2D eigenvalue weighted by atomic mass is 32.1. The lowest BCUT2D eigenvalue weighted by Crippen LogP contribution is -2.32. The molecule has 0 aliphatic carbocycles. The van der Waals surface area contributed by atoms with E-state index in [1.807, 2.05) is 32.9 Å². The van der Waals surface area contributed by atoms with Crippen LogP contribution in [0.5, 0.6) is 5.75 Å². The average molecular weight is 884 g/mol. The lowest BCUT2D eigenvalue weighted by Gasteiger charge is -2.27. The lowest BCUT2D eigenvalue weighted by atomic mass is 10.1. The third-order valence-electron chi connectivity index (χ3n) is 7.93. The highest BCUT2D eigenvalue weighted by Crippen LogP contribution is 2.40. The van der Waals surface area contributed by atoms with Gasteiger partial charge in [0.25, 0.3) is 0 Å². The van der Waals surface area contributed by atoms with E-state index in [1.54, 1.807) is 43.3 Å². The number of azo groups is 2. The van der Waals surface area contributed by atoms with E-state index < -0.39 is 12.3 Å². The molecule has 0 aliphatic heterocycles. The zero-order chi connectivity index (χ0) is 44.7. The van der Waals surface area contributed by atoms with Crippen LogP contribution in [-0.4, -0.2) is 100 Å². The zero-order valence-corrected chi connectivity index (χ0v) is 37.5. The van der Waals surface area contributed by atoms with Gasteiger partial charge in [0.05, 0.1) is 57.0 Å². The first-order valence-electron chi connectivity index (χ1n) is 19.3. The summed E-state index contributed by atoms with van der Waals surface area (Å²) in [6.45, 7) is 16.7. The standard InChI is InChI=1S/C23H31N5O8S.C17H22N4O2S/c1-6-33-22(30)35-10-8-28(9-11-36-23(31)34-7-2)19-12-17(25-16(4)29)18(13-20(19)32-5)26-27-21-24-14-15(3)37-21;1-5-21(8-9-23-14(4)22)15-6-7-16(12(2)10-15)19-20-17-18-11-13(3)24-17/h12-14H,6-11H2,1-5H3,(H,25,29);6-7,10-11H,5,8-9H2,1-4H3. The number of esters is 1. The van der Waals surface area contributed by atoms with Crippen molar-refractivity contribution in [2.75, 3.05) is 81.4 Å². The van der Waals surface area contributed by atoms with Gasteiger partial charge in [-0.15, -0.1) is 20.5 Å². The molecule has 2 aromatic carbocycles. The smallest absolute Gasteiger partial charge is 0.494 e. The maximum Gasteiger partial charge on any atom is 0.508 e. The van der Waals surface area contributed by atoms with Crippen molar-refractivity contribution in [1.82, 2.24) is 9.97 Å². The van der Waals surface area contributed by atoms with Gasteiger partial charge in [0, 0.05) is 54.3 Å². The Bertz CT molecular complexity index is 2080. The Balaban J connectivity index is 0.000000356. The molecule has 330 valence electrons. The van der Waals surface area contributed by atoms with E-state index in [0.717, 1.165) is 33.2 Å². The average Bonchev–Trinajstić information content (AvgIpc) is 3.84. The van der Waals surface area contributed by atoms with Crippen molar-refractivity contribution >= 4 is 85.6 Å². The summed E-state index contributed by atoms with van der Waals surface area (Å²) in [5.41, 5.74) is 4.16. The summed E-state index contributed by atoms with van der Waals surface area (Å²) in [4.78, 5) is 60.4. The number of aryl methyl sites for hydroxylation is 3. The number of ether oxygens (including phenoxy) is 6. The van der Waals surface area contributed by atoms with Crippen molar-refractivity contribution in [2.24, 2.45) is 20.5 Å². The first kappa shape index (κ1) is 49.1. The molecule has 0 fully saturated rings. The van der Waals surface area contributed by atoms with Crippen molar-refractivity contribution in [3.8, 4) is 5.75 Å².